The molecule has 48 heavy (non-hydrogen) atoms. The van der Waals surface area contributed by atoms with Gasteiger partial charge in [-0.1, -0.05) is 12.1 Å². The number of carboxylic acid groups (broad SMARTS) is 1. The number of halogens is 3. The van der Waals surface area contributed by atoms with Crippen molar-refractivity contribution >= 4 is 28.4 Å². The Balaban J connectivity index is 1.25. The molecule has 3 aromatic rings. The van der Waals surface area contributed by atoms with Crippen LogP contribution in [0.5, 0.6) is 5.88 Å². The fourth-order valence-corrected chi connectivity index (χ4v) is 7.73. The largest absolute Gasteiger partial charge is 0.480 e. The van der Waals surface area contributed by atoms with Gasteiger partial charge >= 0.3 is 12.1 Å². The third-order valence-corrected chi connectivity index (χ3v) is 10.4. The van der Waals surface area contributed by atoms with Gasteiger partial charge in [0, 0.05) is 37.5 Å². The minimum Gasteiger partial charge on any atom is -0.480 e. The van der Waals surface area contributed by atoms with Crippen LogP contribution in [0.2, 0.25) is 0 Å². The molecule has 0 bridgehead atoms. The number of carboxylic acids is 1. The maximum Gasteiger partial charge on any atom is 0.429 e. The van der Waals surface area contributed by atoms with E-state index in [2.05, 4.69) is 20.4 Å². The van der Waals surface area contributed by atoms with Gasteiger partial charge in [0.2, 0.25) is 17.9 Å². The number of thiol groups is 1. The molecule has 2 atom stereocenters. The van der Waals surface area contributed by atoms with Crippen LogP contribution < -0.4 is 20.7 Å². The van der Waals surface area contributed by atoms with Gasteiger partial charge in [-0.15, -0.1) is 0 Å². The fourth-order valence-electron chi connectivity index (χ4n) is 7.12. The van der Waals surface area contributed by atoms with Gasteiger partial charge in [0.05, 0.1) is 17.3 Å². The van der Waals surface area contributed by atoms with Crippen molar-refractivity contribution in [3.63, 3.8) is 0 Å². The summed E-state index contributed by atoms with van der Waals surface area (Å²) in [5, 5.41) is 16.9. The van der Waals surface area contributed by atoms with E-state index in [1.165, 1.54) is 16.8 Å². The highest BCUT2D eigenvalue weighted by Crippen LogP contribution is 2.43. The van der Waals surface area contributed by atoms with Crippen molar-refractivity contribution in [1.29, 1.82) is 0 Å². The second kappa shape index (κ2) is 13.5. The number of aromatic nitrogens is 4. The molecule has 5 heterocycles. The Kier molecular flexibility index (Phi) is 9.55. The van der Waals surface area contributed by atoms with Crippen molar-refractivity contribution in [2.45, 2.75) is 63.3 Å². The first-order valence-corrected chi connectivity index (χ1v) is 17.2. The molecule has 3 aliphatic rings. The predicted octanol–water partition coefficient (Wildman–Crippen LogP) is 3.02. The van der Waals surface area contributed by atoms with E-state index in [-0.39, 0.29) is 40.3 Å². The molecule has 1 spiro atoms. The van der Waals surface area contributed by atoms with Gasteiger partial charge in [0.25, 0.3) is 0 Å². The van der Waals surface area contributed by atoms with Crippen molar-refractivity contribution in [1.82, 2.24) is 30.0 Å². The van der Waals surface area contributed by atoms with Gasteiger partial charge in [-0.3, -0.25) is 9.69 Å². The normalized spacial score (nSPS) is 21.2. The number of hydrogen-bond donors (Lipinski definition) is 4. The molecule has 13 nitrogen and oxygen atoms in total. The van der Waals surface area contributed by atoms with Crippen molar-refractivity contribution in [3.8, 4) is 11.6 Å². The minimum absolute atomic E-state index is 0.0120. The molecule has 260 valence electrons. The van der Waals surface area contributed by atoms with Crippen LogP contribution in [-0.4, -0.2) is 95.0 Å². The van der Waals surface area contributed by atoms with E-state index >= 15 is 0 Å². The highest BCUT2D eigenvalue weighted by Gasteiger charge is 2.46. The number of nitrogens with zero attached hydrogens (tertiary/aromatic N) is 6. The van der Waals surface area contributed by atoms with E-state index in [4.69, 9.17) is 10.5 Å². The van der Waals surface area contributed by atoms with E-state index in [9.17, 15) is 31.5 Å². The summed E-state index contributed by atoms with van der Waals surface area (Å²) in [6.45, 7) is 4.50. The van der Waals surface area contributed by atoms with Crippen LogP contribution in [0.15, 0.2) is 36.5 Å². The zero-order valence-electron chi connectivity index (χ0n) is 26.4. The molecule has 3 aliphatic heterocycles. The number of aryl methyl sites for hydroxylation is 1. The van der Waals surface area contributed by atoms with Crippen molar-refractivity contribution in [3.05, 3.63) is 53.3 Å². The Morgan fingerprint density at radius 1 is 1.15 bits per heavy atom. The predicted molar refractivity (Wildman–Crippen MR) is 171 cm³/mol. The Labute approximate surface area is 277 Å². The lowest BCUT2D eigenvalue weighted by molar-refractivity contribution is -0.198. The molecule has 0 saturated carbocycles. The number of aliphatic carboxylic acids is 1. The lowest BCUT2D eigenvalue weighted by Crippen LogP contribution is -2.41. The summed E-state index contributed by atoms with van der Waals surface area (Å²) in [4.78, 5) is 23.5. The number of carbonyl (C=O) groups is 1. The Bertz CT molecular complexity index is 1710. The minimum atomic E-state index is -4.84. The van der Waals surface area contributed by atoms with Crippen molar-refractivity contribution < 1.29 is 36.2 Å². The van der Waals surface area contributed by atoms with Crippen LogP contribution in [-0.2, 0) is 15.5 Å². The summed E-state index contributed by atoms with van der Waals surface area (Å²) in [7, 11) is -2.53. The first-order valence-electron chi connectivity index (χ1n) is 15.9. The Morgan fingerprint density at radius 2 is 1.88 bits per heavy atom. The topological polar surface area (TPSA) is 169 Å². The number of alkyl halides is 3. The molecule has 0 unspecified atom stereocenters. The zero-order valence-corrected chi connectivity index (χ0v) is 27.3. The van der Waals surface area contributed by atoms with Crippen LogP contribution in [0, 0.1) is 12.3 Å². The third-order valence-electron chi connectivity index (χ3n) is 9.73. The Morgan fingerprint density at radius 3 is 2.48 bits per heavy atom. The van der Waals surface area contributed by atoms with Gasteiger partial charge < -0.3 is 25.8 Å². The molecule has 3 saturated heterocycles. The number of nitrogens with one attached hydrogen (secondary N) is 1. The number of likely N-dealkylation sites (tertiary alicyclic amines) is 1. The van der Waals surface area contributed by atoms with Crippen molar-refractivity contribution in [2.24, 2.45) is 5.41 Å². The highest BCUT2D eigenvalue weighted by molar-refractivity contribution is 7.72. The highest BCUT2D eigenvalue weighted by atomic mass is 32.2. The second-order valence-electron chi connectivity index (χ2n) is 13.0. The number of ether oxygens (including phenoxy) is 1. The summed E-state index contributed by atoms with van der Waals surface area (Å²) in [5.74, 6) is -1.09. The molecule has 1 aromatic carbocycles. The molecule has 6 rings (SSSR count). The zero-order chi connectivity index (χ0) is 34.2. The molecule has 0 aliphatic carbocycles. The number of rotatable bonds is 9. The van der Waals surface area contributed by atoms with Crippen LogP contribution >= 0.6 is 0 Å². The van der Waals surface area contributed by atoms with Crippen LogP contribution in [0.1, 0.15) is 60.9 Å². The first kappa shape index (κ1) is 33.9. The SMILES string of the molecule is Cc1ccn(-c2cc(C3CCN(C[SH](=O)=O)CC3)ccc2[C@@H](Oc2cc(N3CCC4(CC3)CN[C@H](C(=O)O)C4)nc(N)n2)C(F)(F)F)n1. The van der Waals surface area contributed by atoms with Crippen LogP contribution in [0.3, 0.4) is 0 Å². The summed E-state index contributed by atoms with van der Waals surface area (Å²) < 4.78 is 74.0. The van der Waals surface area contributed by atoms with Crippen LogP contribution in [0.25, 0.3) is 5.69 Å². The quantitative estimate of drug-likeness (QED) is 0.242. The maximum atomic E-state index is 14.9. The molecular formula is C31H39F3N8O5S. The molecule has 0 radical (unpaired) electrons. The summed E-state index contributed by atoms with van der Waals surface area (Å²) in [5.41, 5.74) is 7.32. The van der Waals surface area contributed by atoms with Crippen LogP contribution in [0.4, 0.5) is 24.9 Å². The Hall–Kier alpha value is -3.96. The molecular weight excluding hydrogens is 653 g/mol. The number of anilines is 2. The number of hydrogen-bond acceptors (Lipinski definition) is 11. The van der Waals surface area contributed by atoms with Gasteiger partial charge in [0.1, 0.15) is 11.9 Å². The fraction of sp³-hybridized carbons (Fsp3) is 0.548. The van der Waals surface area contributed by atoms with Gasteiger partial charge in [-0.2, -0.15) is 28.2 Å². The van der Waals surface area contributed by atoms with E-state index in [0.717, 1.165) is 5.56 Å². The maximum absolute atomic E-state index is 14.9. The molecule has 17 heteroatoms. The van der Waals surface area contributed by atoms with Gasteiger partial charge in [-0.25, -0.2) is 13.1 Å². The lowest BCUT2D eigenvalue weighted by atomic mass is 9.76. The van der Waals surface area contributed by atoms with E-state index < -0.39 is 35.0 Å². The second-order valence-corrected chi connectivity index (χ2v) is 14.0. The first-order chi connectivity index (χ1) is 22.8. The molecule has 4 N–H and O–H groups in total. The summed E-state index contributed by atoms with van der Waals surface area (Å²) in [6.07, 6.45) is -2.44. The summed E-state index contributed by atoms with van der Waals surface area (Å²) in [6, 6.07) is 7.25. The number of nitrogens with two attached hydrogens (primary N) is 1. The monoisotopic (exact) mass is 692 g/mol. The van der Waals surface area contributed by atoms with Crippen molar-refractivity contribution in [2.75, 3.05) is 49.2 Å². The number of piperidine rings is 2. The molecule has 2 aromatic heterocycles. The molecule has 0 amide bonds. The lowest BCUT2D eigenvalue weighted by Gasteiger charge is -2.39. The third kappa shape index (κ3) is 7.52. The summed E-state index contributed by atoms with van der Waals surface area (Å²) >= 11 is 0. The standard InChI is InChI=1S/C31H39F3N8O5S/c1-19-4-11-42(39-19)24-14-21(20-5-9-40(10-6-20)18-48(45)46)2-3-22(24)27(31(32,33)34)47-26-15-25(37-29(35)38-26)41-12-7-30(8-13-41)16-23(28(43)44)36-17-30/h2-4,11,14-15,20,23,27,36,48H,5-10,12-13,16-18H2,1H3,(H,43,44)(H2,35,37,38)/t23-,27+/m0/s1. The number of nitrogen functional groups attached to an aromatic ring is 1. The van der Waals surface area contributed by atoms with Gasteiger partial charge in [0.15, 0.2) is 10.7 Å². The average molecular weight is 693 g/mol. The smallest absolute Gasteiger partial charge is 0.429 e. The van der Waals surface area contributed by atoms with Gasteiger partial charge in [-0.05, 0) is 81.1 Å². The average Bonchev–Trinajstić information content (AvgIpc) is 3.66. The number of benzene rings is 1. The van der Waals surface area contributed by atoms with E-state index in [1.807, 2.05) is 9.80 Å². The molecule has 3 fully saturated rings. The van der Waals surface area contributed by atoms with E-state index in [0.29, 0.717) is 76.3 Å². The van der Waals surface area contributed by atoms with E-state index in [1.54, 1.807) is 31.3 Å².